The number of aromatic amines is 1. The standard InChI is InChI=1S/C23H22BN5O4/c1-12-19(15-6-3-7-16(21(25)30)20(15)27-12)23-28-18-11-33-10-17(18)22(29-23)26-9-13-4-2-5-14(8-13)24(31)32/h2-8,27,31-32H,9-11H2,1H3,(H2,25,30)(H,26,28,29). The third-order valence-electron chi connectivity index (χ3n) is 5.80. The third-order valence-corrected chi connectivity index (χ3v) is 5.80. The first-order valence-electron chi connectivity index (χ1n) is 10.5. The number of H-pyrrole nitrogens is 1. The molecule has 0 unspecified atom stereocenters. The van der Waals surface area contributed by atoms with Crippen LogP contribution in [0.3, 0.4) is 0 Å². The van der Waals surface area contributed by atoms with Gasteiger partial charge in [0.25, 0.3) is 5.91 Å². The van der Waals surface area contributed by atoms with Crippen LogP contribution in [0.2, 0.25) is 0 Å². The van der Waals surface area contributed by atoms with Crippen LogP contribution >= 0.6 is 0 Å². The fourth-order valence-corrected chi connectivity index (χ4v) is 4.20. The summed E-state index contributed by atoms with van der Waals surface area (Å²) in [4.78, 5) is 24.7. The number of para-hydroxylation sites is 1. The number of ether oxygens (including phenoxy) is 1. The van der Waals surface area contributed by atoms with Gasteiger partial charge in [-0.1, -0.05) is 36.4 Å². The molecule has 166 valence electrons. The van der Waals surface area contributed by atoms with E-state index in [2.05, 4.69) is 10.3 Å². The molecule has 1 amide bonds. The molecule has 1 aliphatic heterocycles. The van der Waals surface area contributed by atoms with E-state index in [1.807, 2.05) is 19.1 Å². The maximum Gasteiger partial charge on any atom is 0.488 e. The zero-order valence-electron chi connectivity index (χ0n) is 17.9. The molecular weight excluding hydrogens is 421 g/mol. The van der Waals surface area contributed by atoms with Crippen LogP contribution in [0, 0.1) is 6.92 Å². The quantitative estimate of drug-likeness (QED) is 0.283. The lowest BCUT2D eigenvalue weighted by Crippen LogP contribution is -2.30. The van der Waals surface area contributed by atoms with Gasteiger partial charge in [-0.3, -0.25) is 4.79 Å². The second-order valence-electron chi connectivity index (χ2n) is 8.00. The molecule has 0 aliphatic carbocycles. The molecule has 9 nitrogen and oxygen atoms in total. The van der Waals surface area contributed by atoms with E-state index in [0.29, 0.717) is 47.9 Å². The van der Waals surface area contributed by atoms with E-state index in [-0.39, 0.29) is 0 Å². The van der Waals surface area contributed by atoms with Crippen LogP contribution in [0.4, 0.5) is 5.82 Å². The topological polar surface area (TPSA) is 146 Å². The summed E-state index contributed by atoms with van der Waals surface area (Å²) < 4.78 is 5.62. The van der Waals surface area contributed by atoms with Crippen molar-refractivity contribution in [1.29, 1.82) is 0 Å². The highest BCUT2D eigenvalue weighted by Crippen LogP contribution is 2.35. The number of hydrogen-bond donors (Lipinski definition) is 5. The zero-order chi connectivity index (χ0) is 23.1. The molecule has 33 heavy (non-hydrogen) atoms. The van der Waals surface area contributed by atoms with E-state index in [1.54, 1.807) is 30.3 Å². The number of carbonyl (C=O) groups excluding carboxylic acids is 1. The van der Waals surface area contributed by atoms with Crippen molar-refractivity contribution in [3.8, 4) is 11.4 Å². The van der Waals surface area contributed by atoms with Crippen molar-refractivity contribution < 1.29 is 19.6 Å². The highest BCUT2D eigenvalue weighted by Gasteiger charge is 2.24. The van der Waals surface area contributed by atoms with Gasteiger partial charge in [0.05, 0.1) is 30.0 Å². The van der Waals surface area contributed by atoms with E-state index in [9.17, 15) is 14.8 Å². The average Bonchev–Trinajstić information content (AvgIpc) is 3.40. The van der Waals surface area contributed by atoms with Crippen molar-refractivity contribution >= 4 is 35.2 Å². The summed E-state index contributed by atoms with van der Waals surface area (Å²) in [6.07, 6.45) is 0. The van der Waals surface area contributed by atoms with Crippen molar-refractivity contribution in [2.24, 2.45) is 5.73 Å². The minimum absolute atomic E-state index is 0.389. The van der Waals surface area contributed by atoms with Crippen LogP contribution in [0.15, 0.2) is 42.5 Å². The predicted octanol–water partition coefficient (Wildman–Crippen LogP) is 1.35. The van der Waals surface area contributed by atoms with E-state index in [1.165, 1.54) is 0 Å². The van der Waals surface area contributed by atoms with Crippen LogP contribution in [0.1, 0.15) is 32.9 Å². The summed E-state index contributed by atoms with van der Waals surface area (Å²) in [7, 11) is -1.52. The van der Waals surface area contributed by atoms with Crippen molar-refractivity contribution in [3.05, 3.63) is 70.5 Å². The summed E-state index contributed by atoms with van der Waals surface area (Å²) in [5.74, 6) is 0.670. The fraction of sp³-hybridized carbons (Fsp3) is 0.174. The monoisotopic (exact) mass is 443 g/mol. The Bertz CT molecular complexity index is 1390. The summed E-state index contributed by atoms with van der Waals surface area (Å²) >= 11 is 0. The Kier molecular flexibility index (Phi) is 5.33. The molecule has 0 bridgehead atoms. The summed E-state index contributed by atoms with van der Waals surface area (Å²) in [5, 5.41) is 23.0. The Labute approximate surface area is 189 Å². The lowest BCUT2D eigenvalue weighted by Gasteiger charge is -2.12. The molecule has 1 aliphatic rings. The van der Waals surface area contributed by atoms with E-state index >= 15 is 0 Å². The molecule has 0 saturated carbocycles. The number of rotatable bonds is 6. The van der Waals surface area contributed by atoms with Crippen LogP contribution in [-0.4, -0.2) is 38.0 Å². The molecule has 0 radical (unpaired) electrons. The van der Waals surface area contributed by atoms with Crippen LogP contribution in [0.25, 0.3) is 22.3 Å². The highest BCUT2D eigenvalue weighted by atomic mass is 16.5. The highest BCUT2D eigenvalue weighted by molar-refractivity contribution is 6.58. The molecule has 10 heteroatoms. The molecule has 0 saturated heterocycles. The van der Waals surface area contributed by atoms with Gasteiger partial charge in [0.15, 0.2) is 5.82 Å². The number of anilines is 1. The molecule has 3 heterocycles. The maximum absolute atomic E-state index is 11.9. The first-order valence-corrected chi connectivity index (χ1v) is 10.5. The molecule has 4 aromatic rings. The number of carbonyl (C=O) groups is 1. The number of primary amides is 1. The van der Waals surface area contributed by atoms with Gasteiger partial charge in [-0.2, -0.15) is 0 Å². The van der Waals surface area contributed by atoms with Crippen molar-refractivity contribution in [3.63, 3.8) is 0 Å². The van der Waals surface area contributed by atoms with Crippen molar-refractivity contribution in [1.82, 2.24) is 15.0 Å². The lowest BCUT2D eigenvalue weighted by molar-refractivity contribution is 0.100. The number of nitrogens with zero attached hydrogens (tertiary/aromatic N) is 2. The second-order valence-corrected chi connectivity index (χ2v) is 8.00. The summed E-state index contributed by atoms with van der Waals surface area (Å²) in [5.41, 5.74) is 11.3. The molecule has 0 atom stereocenters. The number of aryl methyl sites for hydroxylation is 1. The van der Waals surface area contributed by atoms with Gasteiger partial charge in [0.2, 0.25) is 0 Å². The normalized spacial score (nSPS) is 12.7. The first kappa shape index (κ1) is 21.1. The molecule has 6 N–H and O–H groups in total. The fourth-order valence-electron chi connectivity index (χ4n) is 4.20. The number of nitrogens with one attached hydrogen (secondary N) is 2. The second kappa shape index (κ2) is 8.32. The Hall–Kier alpha value is -3.73. The van der Waals surface area contributed by atoms with Gasteiger partial charge >= 0.3 is 7.12 Å². The Balaban J connectivity index is 1.56. The number of hydrogen-bond acceptors (Lipinski definition) is 7. The Morgan fingerprint density at radius 3 is 2.82 bits per heavy atom. The summed E-state index contributed by atoms with van der Waals surface area (Å²) in [6, 6.07) is 12.4. The van der Waals surface area contributed by atoms with Gasteiger partial charge in [-0.15, -0.1) is 0 Å². The van der Waals surface area contributed by atoms with Gasteiger partial charge in [-0.05, 0) is 24.0 Å². The SMILES string of the molecule is Cc1[nH]c2c(C(N)=O)cccc2c1-c1nc2c(c(NCc3cccc(B(O)O)c3)n1)COC2. The molecule has 0 spiro atoms. The van der Waals surface area contributed by atoms with Crippen LogP contribution in [0.5, 0.6) is 0 Å². The molecular formula is C23H22BN5O4. The van der Waals surface area contributed by atoms with Gasteiger partial charge < -0.3 is 30.8 Å². The largest absolute Gasteiger partial charge is 0.488 e. The predicted molar refractivity (Wildman–Crippen MR) is 125 cm³/mol. The zero-order valence-corrected chi connectivity index (χ0v) is 17.9. The van der Waals surface area contributed by atoms with Crippen molar-refractivity contribution in [2.45, 2.75) is 26.7 Å². The van der Waals surface area contributed by atoms with Crippen LogP contribution < -0.4 is 16.5 Å². The molecule has 5 rings (SSSR count). The molecule has 0 fully saturated rings. The van der Waals surface area contributed by atoms with E-state index < -0.39 is 13.0 Å². The smallest absolute Gasteiger partial charge is 0.423 e. The maximum atomic E-state index is 11.9. The van der Waals surface area contributed by atoms with Gasteiger partial charge in [-0.25, -0.2) is 9.97 Å². The van der Waals surface area contributed by atoms with E-state index in [4.69, 9.17) is 20.4 Å². The first-order chi connectivity index (χ1) is 15.9. The Morgan fingerprint density at radius 2 is 2.03 bits per heavy atom. The van der Waals surface area contributed by atoms with Crippen LogP contribution in [-0.2, 0) is 24.5 Å². The Morgan fingerprint density at radius 1 is 1.21 bits per heavy atom. The number of fused-ring (bicyclic) bond motifs is 2. The third kappa shape index (κ3) is 3.84. The van der Waals surface area contributed by atoms with E-state index in [0.717, 1.165) is 33.5 Å². The van der Waals surface area contributed by atoms with Gasteiger partial charge in [0.1, 0.15) is 5.82 Å². The average molecular weight is 443 g/mol. The minimum Gasteiger partial charge on any atom is -0.423 e. The number of amides is 1. The molecule has 2 aromatic heterocycles. The summed E-state index contributed by atoms with van der Waals surface area (Å²) in [6.45, 7) is 3.14. The lowest BCUT2D eigenvalue weighted by atomic mass is 9.79. The number of aromatic nitrogens is 3. The molecule has 2 aromatic carbocycles. The number of nitrogens with two attached hydrogens (primary N) is 1. The number of benzene rings is 2. The van der Waals surface area contributed by atoms with Crippen molar-refractivity contribution in [2.75, 3.05) is 5.32 Å². The van der Waals surface area contributed by atoms with Gasteiger partial charge in [0, 0.05) is 28.8 Å². The minimum atomic E-state index is -1.52.